The number of carbonyl (C=O) groups is 2. The lowest BCUT2D eigenvalue weighted by atomic mass is 10.1. The van der Waals surface area contributed by atoms with Gasteiger partial charge in [-0.3, -0.25) is 4.79 Å². The van der Waals surface area contributed by atoms with Crippen LogP contribution in [0.5, 0.6) is 0 Å². The molecule has 0 aliphatic carbocycles. The molecule has 0 radical (unpaired) electrons. The Morgan fingerprint density at radius 2 is 2.27 bits per heavy atom. The van der Waals surface area contributed by atoms with Gasteiger partial charge in [0.25, 0.3) is 0 Å². The first kappa shape index (κ1) is 11.3. The molecule has 0 saturated carbocycles. The van der Waals surface area contributed by atoms with Gasteiger partial charge >= 0.3 is 5.97 Å². The van der Waals surface area contributed by atoms with E-state index in [4.69, 9.17) is 5.26 Å². The zero-order valence-electron chi connectivity index (χ0n) is 7.85. The summed E-state index contributed by atoms with van der Waals surface area (Å²) in [4.78, 5) is 22.1. The third-order valence-corrected chi connectivity index (χ3v) is 2.19. The lowest BCUT2D eigenvalue weighted by Gasteiger charge is -2.04. The highest BCUT2D eigenvalue weighted by Crippen LogP contribution is 2.19. The molecule has 4 nitrogen and oxygen atoms in total. The summed E-state index contributed by atoms with van der Waals surface area (Å²) in [6.45, 7) is 0. The first-order chi connectivity index (χ1) is 7.13. The second kappa shape index (κ2) is 4.62. The van der Waals surface area contributed by atoms with E-state index in [0.717, 1.165) is 0 Å². The predicted octanol–water partition coefficient (Wildman–Crippen LogP) is 1.45. The van der Waals surface area contributed by atoms with Gasteiger partial charge in [-0.05, 0) is 12.1 Å². The number of rotatable bonds is 2. The highest BCUT2D eigenvalue weighted by molar-refractivity contribution is 7.80. The molecule has 0 aliphatic rings. The van der Waals surface area contributed by atoms with Gasteiger partial charge in [0.15, 0.2) is 6.29 Å². The molecule has 1 rings (SSSR count). The van der Waals surface area contributed by atoms with Crippen LogP contribution in [-0.4, -0.2) is 19.4 Å². The van der Waals surface area contributed by atoms with E-state index in [2.05, 4.69) is 17.4 Å². The summed E-state index contributed by atoms with van der Waals surface area (Å²) < 4.78 is 4.50. The normalized spacial score (nSPS) is 9.13. The lowest BCUT2D eigenvalue weighted by molar-refractivity contribution is 0.0596. The molecule has 0 unspecified atom stereocenters. The summed E-state index contributed by atoms with van der Waals surface area (Å²) in [5.74, 6) is -0.589. The Morgan fingerprint density at radius 1 is 1.60 bits per heavy atom. The van der Waals surface area contributed by atoms with Crippen molar-refractivity contribution in [1.82, 2.24) is 0 Å². The molecular formula is C10H7NO3S. The van der Waals surface area contributed by atoms with Crippen LogP contribution < -0.4 is 0 Å². The lowest BCUT2D eigenvalue weighted by Crippen LogP contribution is -2.04. The summed E-state index contributed by atoms with van der Waals surface area (Å²) in [5.41, 5.74) is 0.501. The molecular weight excluding hydrogens is 214 g/mol. The molecule has 0 atom stereocenters. The van der Waals surface area contributed by atoms with Crippen LogP contribution in [0, 0.1) is 11.3 Å². The van der Waals surface area contributed by atoms with Gasteiger partial charge < -0.3 is 4.74 Å². The smallest absolute Gasteiger partial charge is 0.339 e. The van der Waals surface area contributed by atoms with E-state index in [0.29, 0.717) is 11.2 Å². The van der Waals surface area contributed by atoms with Crippen LogP contribution in [0.25, 0.3) is 0 Å². The summed E-state index contributed by atoms with van der Waals surface area (Å²) in [5, 5.41) is 8.73. The molecule has 0 aromatic heterocycles. The predicted molar refractivity (Wildman–Crippen MR) is 55.1 cm³/mol. The first-order valence-electron chi connectivity index (χ1n) is 3.94. The van der Waals surface area contributed by atoms with Gasteiger partial charge in [0.2, 0.25) is 0 Å². The van der Waals surface area contributed by atoms with Gasteiger partial charge in [0.1, 0.15) is 0 Å². The molecule has 0 aliphatic heterocycles. The average molecular weight is 221 g/mol. The standard InChI is InChI=1S/C10H7NO3S/c1-14-10(13)8-2-6(4-11)7(5-12)3-9(8)15/h2-3,5,15H,1H3. The molecule has 1 aromatic carbocycles. The highest BCUT2D eigenvalue weighted by atomic mass is 32.1. The molecule has 1 aromatic rings. The molecule has 0 heterocycles. The zero-order chi connectivity index (χ0) is 11.4. The van der Waals surface area contributed by atoms with E-state index < -0.39 is 5.97 Å². The minimum absolute atomic E-state index is 0.128. The summed E-state index contributed by atoms with van der Waals surface area (Å²) >= 11 is 4.03. The molecule has 0 N–H and O–H groups in total. The van der Waals surface area contributed by atoms with Crippen molar-refractivity contribution in [3.63, 3.8) is 0 Å². The number of carbonyl (C=O) groups excluding carboxylic acids is 2. The van der Waals surface area contributed by atoms with Gasteiger partial charge in [-0.25, -0.2) is 4.79 Å². The van der Waals surface area contributed by atoms with Crippen molar-refractivity contribution in [2.24, 2.45) is 0 Å². The van der Waals surface area contributed by atoms with Gasteiger partial charge in [-0.15, -0.1) is 12.6 Å². The van der Waals surface area contributed by atoms with Gasteiger partial charge in [-0.2, -0.15) is 5.26 Å². The number of esters is 1. The number of aldehydes is 1. The Balaban J connectivity index is 3.40. The van der Waals surface area contributed by atoms with E-state index in [9.17, 15) is 9.59 Å². The third-order valence-electron chi connectivity index (χ3n) is 1.82. The summed E-state index contributed by atoms with van der Waals surface area (Å²) in [6, 6.07) is 4.47. The van der Waals surface area contributed by atoms with Crippen molar-refractivity contribution in [2.75, 3.05) is 7.11 Å². The number of hydrogen-bond acceptors (Lipinski definition) is 5. The first-order valence-corrected chi connectivity index (χ1v) is 4.39. The van der Waals surface area contributed by atoms with Crippen LogP contribution in [0.1, 0.15) is 26.3 Å². The number of thiol groups is 1. The zero-order valence-corrected chi connectivity index (χ0v) is 8.75. The quantitative estimate of drug-likeness (QED) is 0.466. The minimum Gasteiger partial charge on any atom is -0.465 e. The van der Waals surface area contributed by atoms with Crippen LogP contribution >= 0.6 is 12.6 Å². The van der Waals surface area contributed by atoms with E-state index in [1.54, 1.807) is 0 Å². The van der Waals surface area contributed by atoms with Crippen LogP contribution in [0.2, 0.25) is 0 Å². The number of hydrogen-bond donors (Lipinski definition) is 1. The SMILES string of the molecule is COC(=O)c1cc(C#N)c(C=O)cc1S. The van der Waals surface area contributed by atoms with Crippen molar-refractivity contribution in [3.05, 3.63) is 28.8 Å². The van der Waals surface area contributed by atoms with Gasteiger partial charge in [0.05, 0.1) is 24.3 Å². The molecule has 0 saturated heterocycles. The maximum Gasteiger partial charge on any atom is 0.339 e. The Hall–Kier alpha value is -1.80. The number of nitrogens with zero attached hydrogens (tertiary/aromatic N) is 1. The van der Waals surface area contributed by atoms with Crippen molar-refractivity contribution < 1.29 is 14.3 Å². The number of ether oxygens (including phenoxy) is 1. The Kier molecular flexibility index (Phi) is 3.47. The highest BCUT2D eigenvalue weighted by Gasteiger charge is 2.13. The van der Waals surface area contributed by atoms with Crippen molar-refractivity contribution in [3.8, 4) is 6.07 Å². The fourth-order valence-corrected chi connectivity index (χ4v) is 1.37. The molecule has 76 valence electrons. The molecule has 0 spiro atoms. The van der Waals surface area contributed by atoms with Crippen LogP contribution in [0.4, 0.5) is 0 Å². The Morgan fingerprint density at radius 3 is 2.73 bits per heavy atom. The van der Waals surface area contributed by atoms with E-state index in [1.807, 2.05) is 6.07 Å². The maximum absolute atomic E-state index is 11.2. The molecule has 5 heteroatoms. The van der Waals surface area contributed by atoms with Crippen molar-refractivity contribution >= 4 is 24.9 Å². The topological polar surface area (TPSA) is 67.2 Å². The van der Waals surface area contributed by atoms with E-state index in [1.165, 1.54) is 19.2 Å². The van der Waals surface area contributed by atoms with Crippen molar-refractivity contribution in [1.29, 1.82) is 5.26 Å². The van der Waals surface area contributed by atoms with Crippen molar-refractivity contribution in [2.45, 2.75) is 4.90 Å². The Bertz CT molecular complexity index is 462. The number of methoxy groups -OCH3 is 1. The fraction of sp³-hybridized carbons (Fsp3) is 0.100. The van der Waals surface area contributed by atoms with Crippen LogP contribution in [0.3, 0.4) is 0 Å². The van der Waals surface area contributed by atoms with Crippen LogP contribution in [-0.2, 0) is 4.74 Å². The Labute approximate surface area is 91.9 Å². The average Bonchev–Trinajstić information content (AvgIpc) is 2.27. The second-order valence-electron chi connectivity index (χ2n) is 2.68. The maximum atomic E-state index is 11.2. The molecule has 0 fully saturated rings. The van der Waals surface area contributed by atoms with E-state index >= 15 is 0 Å². The number of benzene rings is 1. The largest absolute Gasteiger partial charge is 0.465 e. The van der Waals surface area contributed by atoms with Crippen LogP contribution in [0.15, 0.2) is 17.0 Å². The number of nitriles is 1. The van der Waals surface area contributed by atoms with Gasteiger partial charge in [-0.1, -0.05) is 0 Å². The fourth-order valence-electron chi connectivity index (χ4n) is 1.07. The summed E-state index contributed by atoms with van der Waals surface area (Å²) in [7, 11) is 1.23. The molecule has 15 heavy (non-hydrogen) atoms. The monoisotopic (exact) mass is 221 g/mol. The summed E-state index contributed by atoms with van der Waals surface area (Å²) in [6.07, 6.45) is 0.541. The second-order valence-corrected chi connectivity index (χ2v) is 3.16. The minimum atomic E-state index is -0.589. The van der Waals surface area contributed by atoms with E-state index in [-0.39, 0.29) is 16.7 Å². The third kappa shape index (κ3) is 2.17. The molecule has 0 amide bonds. The van der Waals surface area contributed by atoms with Gasteiger partial charge in [0, 0.05) is 10.5 Å². The molecule has 0 bridgehead atoms.